The molecule has 3 N–H and O–H groups in total. The van der Waals surface area contributed by atoms with E-state index >= 15 is 0 Å². The van der Waals surface area contributed by atoms with Gasteiger partial charge in [0.25, 0.3) is 5.91 Å². The molecule has 20 heavy (non-hydrogen) atoms. The van der Waals surface area contributed by atoms with Crippen LogP contribution in [-0.2, 0) is 6.61 Å². The topological polar surface area (TPSA) is 69.6 Å². The maximum atomic E-state index is 12.2. The van der Waals surface area contributed by atoms with E-state index in [1.807, 2.05) is 19.9 Å². The highest BCUT2D eigenvalue weighted by Crippen LogP contribution is 2.22. The molecule has 0 spiro atoms. The SMILES string of the molecule is Cc1ccc(C(=O)Nc2cc(CO)ccc2C)c(O)c1. The third kappa shape index (κ3) is 2.97. The van der Waals surface area contributed by atoms with E-state index in [9.17, 15) is 9.90 Å². The molecule has 1 amide bonds. The van der Waals surface area contributed by atoms with Crippen molar-refractivity contribution in [2.45, 2.75) is 20.5 Å². The van der Waals surface area contributed by atoms with Gasteiger partial charge in [-0.2, -0.15) is 0 Å². The Kier molecular flexibility index (Phi) is 4.05. The second kappa shape index (κ2) is 5.75. The molecule has 0 aromatic heterocycles. The number of benzene rings is 2. The molecule has 0 aliphatic rings. The normalized spacial score (nSPS) is 10.3. The van der Waals surface area contributed by atoms with Crippen molar-refractivity contribution in [3.05, 3.63) is 58.7 Å². The Bertz CT molecular complexity index is 650. The van der Waals surface area contributed by atoms with Gasteiger partial charge < -0.3 is 15.5 Å². The number of carbonyl (C=O) groups excluding carboxylic acids is 1. The predicted molar refractivity (Wildman–Crippen MR) is 77.9 cm³/mol. The van der Waals surface area contributed by atoms with Crippen molar-refractivity contribution in [2.24, 2.45) is 0 Å². The number of hydrogen-bond donors (Lipinski definition) is 3. The van der Waals surface area contributed by atoms with E-state index in [4.69, 9.17) is 5.11 Å². The van der Waals surface area contributed by atoms with Crippen molar-refractivity contribution in [1.29, 1.82) is 0 Å². The van der Waals surface area contributed by atoms with E-state index in [1.54, 1.807) is 30.3 Å². The molecule has 4 heteroatoms. The molecule has 104 valence electrons. The summed E-state index contributed by atoms with van der Waals surface area (Å²) in [6.45, 7) is 3.63. The number of hydrogen-bond acceptors (Lipinski definition) is 3. The highest BCUT2D eigenvalue weighted by atomic mass is 16.3. The van der Waals surface area contributed by atoms with Gasteiger partial charge in [-0.25, -0.2) is 0 Å². The Balaban J connectivity index is 2.27. The quantitative estimate of drug-likeness (QED) is 0.804. The number of aliphatic hydroxyl groups excluding tert-OH is 1. The van der Waals surface area contributed by atoms with E-state index in [1.165, 1.54) is 0 Å². The molecule has 0 heterocycles. The zero-order valence-electron chi connectivity index (χ0n) is 11.5. The van der Waals surface area contributed by atoms with Crippen molar-refractivity contribution >= 4 is 11.6 Å². The minimum absolute atomic E-state index is 0.0431. The summed E-state index contributed by atoms with van der Waals surface area (Å²) < 4.78 is 0. The van der Waals surface area contributed by atoms with E-state index in [0.29, 0.717) is 5.69 Å². The maximum absolute atomic E-state index is 12.2. The minimum atomic E-state index is -0.374. The predicted octanol–water partition coefficient (Wildman–Crippen LogP) is 2.75. The van der Waals surface area contributed by atoms with Crippen molar-refractivity contribution in [2.75, 3.05) is 5.32 Å². The second-order valence-electron chi connectivity index (χ2n) is 4.78. The van der Waals surface area contributed by atoms with Crippen LogP contribution in [0.5, 0.6) is 5.75 Å². The second-order valence-corrected chi connectivity index (χ2v) is 4.78. The van der Waals surface area contributed by atoms with Crippen molar-refractivity contribution in [1.82, 2.24) is 0 Å². The number of rotatable bonds is 3. The fourth-order valence-electron chi connectivity index (χ4n) is 1.93. The van der Waals surface area contributed by atoms with Gasteiger partial charge in [0.05, 0.1) is 12.2 Å². The summed E-state index contributed by atoms with van der Waals surface area (Å²) in [5.74, 6) is -0.417. The Morgan fingerprint density at radius 2 is 1.90 bits per heavy atom. The van der Waals surface area contributed by atoms with Gasteiger partial charge in [0.1, 0.15) is 5.75 Å². The molecule has 0 saturated carbocycles. The third-order valence-corrected chi connectivity index (χ3v) is 3.13. The van der Waals surface area contributed by atoms with E-state index < -0.39 is 0 Å². The van der Waals surface area contributed by atoms with Gasteiger partial charge in [-0.3, -0.25) is 4.79 Å². The van der Waals surface area contributed by atoms with Crippen LogP contribution in [0.3, 0.4) is 0 Å². The lowest BCUT2D eigenvalue weighted by Crippen LogP contribution is -2.13. The first-order valence-corrected chi connectivity index (χ1v) is 6.32. The highest BCUT2D eigenvalue weighted by molar-refractivity contribution is 6.06. The number of nitrogens with one attached hydrogen (secondary N) is 1. The molecular formula is C16H17NO3. The summed E-state index contributed by atoms with van der Waals surface area (Å²) >= 11 is 0. The van der Waals surface area contributed by atoms with Crippen molar-refractivity contribution in [3.8, 4) is 5.75 Å². The van der Waals surface area contributed by atoms with E-state index in [2.05, 4.69) is 5.32 Å². The summed E-state index contributed by atoms with van der Waals surface area (Å²) in [6, 6.07) is 10.3. The van der Waals surface area contributed by atoms with Crippen molar-refractivity contribution < 1.29 is 15.0 Å². The molecule has 0 unspecified atom stereocenters. The molecule has 0 radical (unpaired) electrons. The van der Waals surface area contributed by atoms with Gasteiger partial charge in [-0.1, -0.05) is 18.2 Å². The largest absolute Gasteiger partial charge is 0.507 e. The zero-order chi connectivity index (χ0) is 14.7. The number of phenols is 1. The molecular weight excluding hydrogens is 254 g/mol. The number of aliphatic hydroxyl groups is 1. The third-order valence-electron chi connectivity index (χ3n) is 3.13. The van der Waals surface area contributed by atoms with Gasteiger partial charge >= 0.3 is 0 Å². The molecule has 2 aromatic rings. The van der Waals surface area contributed by atoms with E-state index in [-0.39, 0.29) is 23.8 Å². The van der Waals surface area contributed by atoms with Crippen molar-refractivity contribution in [3.63, 3.8) is 0 Å². The van der Waals surface area contributed by atoms with Gasteiger partial charge in [-0.05, 0) is 48.7 Å². The number of carbonyl (C=O) groups is 1. The maximum Gasteiger partial charge on any atom is 0.259 e. The molecule has 0 bridgehead atoms. The van der Waals surface area contributed by atoms with Gasteiger partial charge in [-0.15, -0.1) is 0 Å². The first kappa shape index (κ1) is 14.1. The highest BCUT2D eigenvalue weighted by Gasteiger charge is 2.12. The van der Waals surface area contributed by atoms with Crippen LogP contribution in [0, 0.1) is 13.8 Å². The van der Waals surface area contributed by atoms with E-state index in [0.717, 1.165) is 16.7 Å². The van der Waals surface area contributed by atoms with Crippen LogP contribution < -0.4 is 5.32 Å². The molecule has 0 aliphatic heterocycles. The smallest absolute Gasteiger partial charge is 0.259 e. The first-order chi connectivity index (χ1) is 9.51. The Morgan fingerprint density at radius 3 is 2.55 bits per heavy atom. The van der Waals surface area contributed by atoms with Crippen LogP contribution in [0.25, 0.3) is 0 Å². The van der Waals surface area contributed by atoms with Gasteiger partial charge in [0.15, 0.2) is 0 Å². The van der Waals surface area contributed by atoms with Crippen LogP contribution >= 0.6 is 0 Å². The Hall–Kier alpha value is -2.33. The summed E-state index contributed by atoms with van der Waals surface area (Å²) in [4.78, 5) is 12.2. The lowest BCUT2D eigenvalue weighted by Gasteiger charge is -2.11. The van der Waals surface area contributed by atoms with Gasteiger partial charge in [0.2, 0.25) is 0 Å². The molecule has 2 aromatic carbocycles. The summed E-state index contributed by atoms with van der Waals surface area (Å²) in [5, 5.41) is 21.7. The number of anilines is 1. The first-order valence-electron chi connectivity index (χ1n) is 6.32. The van der Waals surface area contributed by atoms with Gasteiger partial charge in [0, 0.05) is 5.69 Å². The van der Waals surface area contributed by atoms with Crippen LogP contribution in [0.1, 0.15) is 27.0 Å². The standard InChI is InChI=1S/C16H17NO3/c1-10-3-6-13(15(19)7-10)16(20)17-14-8-12(9-18)5-4-11(14)2/h3-8,18-19H,9H2,1-2H3,(H,17,20). The monoisotopic (exact) mass is 271 g/mol. The number of amides is 1. The van der Waals surface area contributed by atoms with Crippen LogP contribution in [-0.4, -0.2) is 16.1 Å². The minimum Gasteiger partial charge on any atom is -0.507 e. The molecule has 2 rings (SSSR count). The zero-order valence-corrected chi connectivity index (χ0v) is 11.5. The summed E-state index contributed by atoms with van der Waals surface area (Å²) in [7, 11) is 0. The molecule has 0 atom stereocenters. The fraction of sp³-hybridized carbons (Fsp3) is 0.188. The Morgan fingerprint density at radius 1 is 1.15 bits per heavy atom. The number of phenolic OH excluding ortho intramolecular Hbond substituents is 1. The number of aromatic hydroxyl groups is 1. The molecule has 0 fully saturated rings. The fourth-order valence-corrected chi connectivity index (χ4v) is 1.93. The summed E-state index contributed by atoms with van der Waals surface area (Å²) in [6.07, 6.45) is 0. The average Bonchev–Trinajstić information content (AvgIpc) is 2.41. The average molecular weight is 271 g/mol. The lowest BCUT2D eigenvalue weighted by atomic mass is 10.1. The van der Waals surface area contributed by atoms with Crippen LogP contribution in [0.15, 0.2) is 36.4 Å². The molecule has 0 aliphatic carbocycles. The van der Waals surface area contributed by atoms with Crippen LogP contribution in [0.4, 0.5) is 5.69 Å². The summed E-state index contributed by atoms with van der Waals surface area (Å²) in [5.41, 5.74) is 3.35. The molecule has 0 saturated heterocycles. The number of aryl methyl sites for hydroxylation is 2. The van der Waals surface area contributed by atoms with Crippen LogP contribution in [0.2, 0.25) is 0 Å². The lowest BCUT2D eigenvalue weighted by molar-refractivity contribution is 0.102. The molecule has 4 nitrogen and oxygen atoms in total. The Labute approximate surface area is 117 Å².